The minimum Gasteiger partial charge on any atom is -0.497 e. The first-order chi connectivity index (χ1) is 16.9. The first-order valence-electron chi connectivity index (χ1n) is 10.4. The third-order valence-electron chi connectivity index (χ3n) is 5.05. The Morgan fingerprint density at radius 3 is 2.49 bits per heavy atom. The topological polar surface area (TPSA) is 115 Å². The van der Waals surface area contributed by atoms with Crippen molar-refractivity contribution in [3.05, 3.63) is 76.9 Å². The van der Waals surface area contributed by atoms with E-state index in [0.29, 0.717) is 45.8 Å². The van der Waals surface area contributed by atoms with Crippen molar-refractivity contribution in [2.45, 2.75) is 0 Å². The van der Waals surface area contributed by atoms with E-state index in [2.05, 4.69) is 5.32 Å². The SMILES string of the molecule is COC(=O)c1ccccc1-c1ccc(/C=C2/SC(=O)N(CC(=O)Nc3ccc(OC)cc3)C2=O)o1. The van der Waals surface area contributed by atoms with Crippen molar-refractivity contribution in [1.29, 1.82) is 0 Å². The van der Waals surface area contributed by atoms with Crippen LogP contribution >= 0.6 is 11.8 Å². The molecule has 3 amide bonds. The number of amides is 3. The zero-order valence-electron chi connectivity index (χ0n) is 18.8. The van der Waals surface area contributed by atoms with Crippen LogP contribution in [0.1, 0.15) is 16.1 Å². The minimum absolute atomic E-state index is 0.120. The zero-order chi connectivity index (χ0) is 24.9. The van der Waals surface area contributed by atoms with Gasteiger partial charge >= 0.3 is 5.97 Å². The van der Waals surface area contributed by atoms with Crippen LogP contribution in [0, 0.1) is 0 Å². The summed E-state index contributed by atoms with van der Waals surface area (Å²) < 4.78 is 15.7. The van der Waals surface area contributed by atoms with Gasteiger partial charge in [0.1, 0.15) is 23.8 Å². The lowest BCUT2D eigenvalue weighted by atomic mass is 10.1. The number of rotatable bonds is 7. The predicted molar refractivity (Wildman–Crippen MR) is 130 cm³/mol. The molecule has 1 saturated heterocycles. The molecule has 35 heavy (non-hydrogen) atoms. The Hall–Kier alpha value is -4.31. The quantitative estimate of drug-likeness (QED) is 0.381. The van der Waals surface area contributed by atoms with Crippen LogP contribution in [0.5, 0.6) is 5.75 Å². The van der Waals surface area contributed by atoms with Gasteiger partial charge in [0, 0.05) is 17.3 Å². The second kappa shape index (κ2) is 10.3. The average molecular weight is 493 g/mol. The van der Waals surface area contributed by atoms with Crippen molar-refractivity contribution in [3.63, 3.8) is 0 Å². The summed E-state index contributed by atoms with van der Waals surface area (Å²) in [5.74, 6) is -0.277. The fourth-order valence-corrected chi connectivity index (χ4v) is 4.16. The van der Waals surface area contributed by atoms with Gasteiger partial charge in [-0.25, -0.2) is 4.79 Å². The highest BCUT2D eigenvalue weighted by atomic mass is 32.2. The van der Waals surface area contributed by atoms with Crippen molar-refractivity contribution in [3.8, 4) is 17.1 Å². The molecule has 0 spiro atoms. The van der Waals surface area contributed by atoms with Crippen molar-refractivity contribution >= 4 is 46.5 Å². The second-order valence-corrected chi connectivity index (χ2v) is 8.28. The molecule has 0 atom stereocenters. The first kappa shape index (κ1) is 23.8. The van der Waals surface area contributed by atoms with E-state index >= 15 is 0 Å². The van der Waals surface area contributed by atoms with Gasteiger partial charge in [-0.15, -0.1) is 0 Å². The minimum atomic E-state index is -0.599. The normalized spacial score (nSPS) is 14.3. The summed E-state index contributed by atoms with van der Waals surface area (Å²) in [7, 11) is 2.83. The zero-order valence-corrected chi connectivity index (χ0v) is 19.6. The van der Waals surface area contributed by atoms with E-state index in [0.717, 1.165) is 4.90 Å². The van der Waals surface area contributed by atoms with Crippen LogP contribution in [-0.4, -0.2) is 48.7 Å². The van der Waals surface area contributed by atoms with Crippen LogP contribution in [0.25, 0.3) is 17.4 Å². The Kier molecular flexibility index (Phi) is 7.02. The molecular weight excluding hydrogens is 472 g/mol. The molecule has 178 valence electrons. The molecule has 1 aromatic heterocycles. The number of hydrogen-bond acceptors (Lipinski definition) is 8. The number of furan rings is 1. The number of hydrogen-bond donors (Lipinski definition) is 1. The number of imide groups is 1. The van der Waals surface area contributed by atoms with Crippen molar-refractivity contribution in [1.82, 2.24) is 4.90 Å². The van der Waals surface area contributed by atoms with Crippen LogP contribution in [-0.2, 0) is 14.3 Å². The molecular formula is C25H20N2O7S. The Bertz CT molecular complexity index is 1330. The Morgan fingerprint density at radius 1 is 1.03 bits per heavy atom. The molecule has 0 saturated carbocycles. The molecule has 1 aliphatic heterocycles. The molecule has 1 aliphatic rings. The molecule has 2 aromatic carbocycles. The van der Waals surface area contributed by atoms with E-state index in [1.54, 1.807) is 60.7 Å². The number of methoxy groups -OCH3 is 2. The molecule has 3 aromatic rings. The highest BCUT2D eigenvalue weighted by molar-refractivity contribution is 8.18. The summed E-state index contributed by atoms with van der Waals surface area (Å²) in [6, 6.07) is 16.7. The summed E-state index contributed by atoms with van der Waals surface area (Å²) in [5, 5.41) is 2.08. The number of ether oxygens (including phenoxy) is 2. The summed E-state index contributed by atoms with van der Waals surface area (Å²) in [6.45, 7) is -0.427. The molecule has 1 fully saturated rings. The fourth-order valence-electron chi connectivity index (χ4n) is 3.35. The number of carbonyl (C=O) groups is 4. The second-order valence-electron chi connectivity index (χ2n) is 7.28. The lowest BCUT2D eigenvalue weighted by Crippen LogP contribution is -2.36. The van der Waals surface area contributed by atoms with Crippen LogP contribution < -0.4 is 10.1 Å². The first-order valence-corrected chi connectivity index (χ1v) is 11.2. The smallest absolute Gasteiger partial charge is 0.338 e. The summed E-state index contributed by atoms with van der Waals surface area (Å²) in [5.41, 5.74) is 1.37. The van der Waals surface area contributed by atoms with Crippen LogP contribution in [0.4, 0.5) is 10.5 Å². The Labute approximate surface area is 204 Å². The molecule has 0 radical (unpaired) electrons. The number of benzene rings is 2. The van der Waals surface area contributed by atoms with E-state index in [9.17, 15) is 19.2 Å². The van der Waals surface area contributed by atoms with Gasteiger partial charge in [-0.1, -0.05) is 18.2 Å². The maximum atomic E-state index is 12.8. The standard InChI is InChI=1S/C25H20N2O7S/c1-32-16-9-7-15(8-10-16)26-22(28)14-27-23(29)21(35-25(27)31)13-17-11-12-20(34-17)18-5-3-4-6-19(18)24(30)33-2/h3-13H,14H2,1-2H3,(H,26,28)/b21-13+. The molecule has 4 rings (SSSR count). The number of carbonyl (C=O) groups excluding carboxylic acids is 4. The van der Waals surface area contributed by atoms with Gasteiger partial charge in [-0.3, -0.25) is 19.3 Å². The lowest BCUT2D eigenvalue weighted by Gasteiger charge is -2.12. The number of thioether (sulfide) groups is 1. The number of esters is 1. The number of nitrogens with zero attached hydrogens (tertiary/aromatic N) is 1. The predicted octanol–water partition coefficient (Wildman–Crippen LogP) is 4.42. The Morgan fingerprint density at radius 2 is 1.77 bits per heavy atom. The van der Waals surface area contributed by atoms with E-state index in [1.807, 2.05) is 0 Å². The van der Waals surface area contributed by atoms with E-state index < -0.39 is 29.6 Å². The van der Waals surface area contributed by atoms with Crippen LogP contribution in [0.15, 0.2) is 70.0 Å². The van der Waals surface area contributed by atoms with Crippen molar-refractivity contribution in [2.24, 2.45) is 0 Å². The summed E-state index contributed by atoms with van der Waals surface area (Å²) in [6.07, 6.45) is 1.43. The van der Waals surface area contributed by atoms with E-state index in [4.69, 9.17) is 13.9 Å². The highest BCUT2D eigenvalue weighted by Gasteiger charge is 2.36. The largest absolute Gasteiger partial charge is 0.497 e. The van der Waals surface area contributed by atoms with Gasteiger partial charge in [0.05, 0.1) is 24.7 Å². The van der Waals surface area contributed by atoms with E-state index in [1.165, 1.54) is 20.3 Å². The molecule has 10 heteroatoms. The maximum Gasteiger partial charge on any atom is 0.338 e. The monoisotopic (exact) mass is 492 g/mol. The van der Waals surface area contributed by atoms with Gasteiger partial charge in [-0.2, -0.15) is 0 Å². The summed E-state index contributed by atoms with van der Waals surface area (Å²) >= 11 is 0.714. The van der Waals surface area contributed by atoms with Gasteiger partial charge in [-0.05, 0) is 54.2 Å². The van der Waals surface area contributed by atoms with Crippen molar-refractivity contribution < 1.29 is 33.1 Å². The third kappa shape index (κ3) is 5.28. The fraction of sp³-hybridized carbons (Fsp3) is 0.120. The third-order valence-corrected chi connectivity index (χ3v) is 5.95. The van der Waals surface area contributed by atoms with Gasteiger partial charge in [0.15, 0.2) is 0 Å². The maximum absolute atomic E-state index is 12.8. The highest BCUT2D eigenvalue weighted by Crippen LogP contribution is 2.34. The van der Waals surface area contributed by atoms with E-state index in [-0.39, 0.29) is 4.91 Å². The molecule has 0 bridgehead atoms. The van der Waals surface area contributed by atoms with Crippen molar-refractivity contribution in [2.75, 3.05) is 26.1 Å². The average Bonchev–Trinajstić information content (AvgIpc) is 3.44. The molecule has 9 nitrogen and oxygen atoms in total. The molecule has 2 heterocycles. The van der Waals surface area contributed by atoms with Gasteiger partial charge in [0.2, 0.25) is 5.91 Å². The number of anilines is 1. The van der Waals surface area contributed by atoms with Crippen LogP contribution in [0.2, 0.25) is 0 Å². The Balaban J connectivity index is 1.46. The van der Waals surface area contributed by atoms with Gasteiger partial charge < -0.3 is 19.2 Å². The lowest BCUT2D eigenvalue weighted by molar-refractivity contribution is -0.127. The van der Waals surface area contributed by atoms with Crippen LogP contribution in [0.3, 0.4) is 0 Å². The molecule has 1 N–H and O–H groups in total. The summed E-state index contributed by atoms with van der Waals surface area (Å²) in [4.78, 5) is 50.6. The van der Waals surface area contributed by atoms with Gasteiger partial charge in [0.25, 0.3) is 11.1 Å². The number of nitrogens with one attached hydrogen (secondary N) is 1. The molecule has 0 unspecified atom stereocenters. The molecule has 0 aliphatic carbocycles.